The molecule has 2 heterocycles. The first-order valence-corrected chi connectivity index (χ1v) is 9.33. The molecule has 0 saturated carbocycles. The van der Waals surface area contributed by atoms with Gasteiger partial charge in [0.25, 0.3) is 0 Å². The zero-order valence-electron chi connectivity index (χ0n) is 13.1. The van der Waals surface area contributed by atoms with Gasteiger partial charge in [-0.3, -0.25) is 8.89 Å². The minimum atomic E-state index is -0.801. The van der Waals surface area contributed by atoms with Gasteiger partial charge in [0.2, 0.25) is 0 Å². The molecule has 5 nitrogen and oxygen atoms in total. The van der Waals surface area contributed by atoms with Gasteiger partial charge in [0.05, 0.1) is 11.1 Å². The highest BCUT2D eigenvalue weighted by Crippen LogP contribution is 2.26. The Bertz CT molecular complexity index is 647. The Morgan fingerprint density at radius 3 is 2.67 bits per heavy atom. The summed E-state index contributed by atoms with van der Waals surface area (Å²) in [5, 5.41) is 4.38. The van der Waals surface area contributed by atoms with Crippen molar-refractivity contribution in [3.63, 3.8) is 0 Å². The maximum Gasteiger partial charge on any atom is 0.158 e. The Morgan fingerprint density at radius 2 is 2.10 bits per heavy atom. The quantitative estimate of drug-likeness (QED) is 0.733. The first-order chi connectivity index (χ1) is 9.99. The van der Waals surface area contributed by atoms with Gasteiger partial charge in [0.15, 0.2) is 5.65 Å². The van der Waals surface area contributed by atoms with Gasteiger partial charge in [-0.25, -0.2) is 4.98 Å². The standard InChI is InChI=1S/C14H23ClN4OS/c1-5-7-11-12-14(18(4)17-11)19(8-9-21(20)6-2)13(16-12)10(3)15/h10H,5-9H2,1-4H3. The lowest BCUT2D eigenvalue weighted by atomic mass is 10.2. The van der Waals surface area contributed by atoms with Crippen molar-refractivity contribution < 1.29 is 4.21 Å². The van der Waals surface area contributed by atoms with Crippen molar-refractivity contribution in [2.75, 3.05) is 11.5 Å². The van der Waals surface area contributed by atoms with Crippen molar-refractivity contribution in [2.45, 2.75) is 45.5 Å². The van der Waals surface area contributed by atoms with Crippen molar-refractivity contribution in [2.24, 2.45) is 7.05 Å². The van der Waals surface area contributed by atoms with Crippen LogP contribution in [0.4, 0.5) is 0 Å². The number of hydrogen-bond acceptors (Lipinski definition) is 3. The Hall–Kier alpha value is -0.880. The third-order valence-electron chi connectivity index (χ3n) is 3.53. The van der Waals surface area contributed by atoms with Gasteiger partial charge >= 0.3 is 0 Å². The van der Waals surface area contributed by atoms with Gasteiger partial charge in [-0.05, 0) is 13.3 Å². The van der Waals surface area contributed by atoms with E-state index in [-0.39, 0.29) is 5.38 Å². The van der Waals surface area contributed by atoms with E-state index >= 15 is 0 Å². The van der Waals surface area contributed by atoms with Crippen LogP contribution in [0.1, 0.15) is 44.1 Å². The molecule has 0 fully saturated rings. The highest BCUT2D eigenvalue weighted by atomic mass is 35.5. The molecule has 0 spiro atoms. The summed E-state index contributed by atoms with van der Waals surface area (Å²) in [5.41, 5.74) is 2.93. The number of fused-ring (bicyclic) bond motifs is 1. The van der Waals surface area contributed by atoms with Crippen LogP contribution in [-0.2, 0) is 30.8 Å². The molecule has 0 radical (unpaired) electrons. The molecule has 0 aliphatic heterocycles. The molecule has 2 aromatic rings. The van der Waals surface area contributed by atoms with Crippen molar-refractivity contribution in [3.8, 4) is 0 Å². The summed E-state index contributed by atoms with van der Waals surface area (Å²) in [5.74, 6) is 2.13. The molecule has 2 rings (SSSR count). The van der Waals surface area contributed by atoms with E-state index in [1.807, 2.05) is 25.6 Å². The van der Waals surface area contributed by atoms with Crippen molar-refractivity contribution in [3.05, 3.63) is 11.5 Å². The summed E-state index contributed by atoms with van der Waals surface area (Å²) in [6, 6.07) is 0. The average molecular weight is 331 g/mol. The van der Waals surface area contributed by atoms with E-state index in [0.717, 1.165) is 35.5 Å². The molecular formula is C14H23ClN4OS. The second-order valence-corrected chi connectivity index (χ2v) is 7.68. The molecule has 0 aromatic carbocycles. The predicted molar refractivity (Wildman–Crippen MR) is 88.3 cm³/mol. The third-order valence-corrected chi connectivity index (χ3v) is 5.01. The summed E-state index contributed by atoms with van der Waals surface area (Å²) in [7, 11) is 1.13. The van der Waals surface area contributed by atoms with Crippen LogP contribution in [0.15, 0.2) is 0 Å². The fraction of sp³-hybridized carbons (Fsp3) is 0.714. The Balaban J connectivity index is 2.49. The zero-order valence-corrected chi connectivity index (χ0v) is 14.7. The second kappa shape index (κ2) is 6.92. The summed E-state index contributed by atoms with van der Waals surface area (Å²) >= 11 is 6.28. The van der Waals surface area contributed by atoms with Gasteiger partial charge in [-0.1, -0.05) is 20.3 Å². The van der Waals surface area contributed by atoms with Gasteiger partial charge in [-0.15, -0.1) is 11.6 Å². The monoisotopic (exact) mass is 330 g/mol. The minimum Gasteiger partial charge on any atom is -0.311 e. The number of rotatable bonds is 7. The molecule has 0 amide bonds. The van der Waals surface area contributed by atoms with Gasteiger partial charge < -0.3 is 4.57 Å². The zero-order chi connectivity index (χ0) is 15.6. The summed E-state index contributed by atoms with van der Waals surface area (Å²) in [4.78, 5) is 4.70. The van der Waals surface area contributed by atoms with E-state index in [1.54, 1.807) is 0 Å². The highest BCUT2D eigenvalue weighted by Gasteiger charge is 2.21. The topological polar surface area (TPSA) is 52.7 Å². The number of halogens is 1. The number of aromatic nitrogens is 4. The fourth-order valence-electron chi connectivity index (χ4n) is 2.53. The Kier molecular flexibility index (Phi) is 5.43. The normalized spacial score (nSPS) is 14.7. The fourth-order valence-corrected chi connectivity index (χ4v) is 3.37. The van der Waals surface area contributed by atoms with Crippen molar-refractivity contribution in [1.29, 1.82) is 0 Å². The van der Waals surface area contributed by atoms with Crippen LogP contribution in [0.5, 0.6) is 0 Å². The predicted octanol–water partition coefficient (Wildman–Crippen LogP) is 2.79. The van der Waals surface area contributed by atoms with E-state index in [4.69, 9.17) is 16.6 Å². The van der Waals surface area contributed by atoms with Crippen LogP contribution in [0, 0.1) is 0 Å². The molecule has 7 heteroatoms. The molecule has 0 aliphatic carbocycles. The highest BCUT2D eigenvalue weighted by molar-refractivity contribution is 7.84. The SMILES string of the molecule is CCCc1nn(C)c2c1nc(C(C)Cl)n2CCS(=O)CC. The Morgan fingerprint density at radius 1 is 1.38 bits per heavy atom. The lowest BCUT2D eigenvalue weighted by Gasteiger charge is -2.10. The van der Waals surface area contributed by atoms with Crippen molar-refractivity contribution >= 4 is 33.6 Å². The van der Waals surface area contributed by atoms with Crippen molar-refractivity contribution in [1.82, 2.24) is 19.3 Å². The van der Waals surface area contributed by atoms with Crippen LogP contribution in [0.3, 0.4) is 0 Å². The van der Waals surface area contributed by atoms with E-state index in [9.17, 15) is 4.21 Å². The maximum atomic E-state index is 11.7. The number of imidazole rings is 1. The van der Waals surface area contributed by atoms with E-state index in [1.165, 1.54) is 0 Å². The lowest BCUT2D eigenvalue weighted by Crippen LogP contribution is -2.14. The van der Waals surface area contributed by atoms with Crippen LogP contribution >= 0.6 is 11.6 Å². The smallest absolute Gasteiger partial charge is 0.158 e. The summed E-state index contributed by atoms with van der Waals surface area (Å²) in [6.07, 6.45) is 1.94. The number of hydrogen-bond donors (Lipinski definition) is 0. The average Bonchev–Trinajstić information content (AvgIpc) is 2.96. The summed E-state index contributed by atoms with van der Waals surface area (Å²) < 4.78 is 15.7. The van der Waals surface area contributed by atoms with E-state index in [2.05, 4.69) is 16.6 Å². The van der Waals surface area contributed by atoms with E-state index in [0.29, 0.717) is 18.1 Å². The number of nitrogens with zero attached hydrogens (tertiary/aromatic N) is 4. The van der Waals surface area contributed by atoms with E-state index < -0.39 is 10.8 Å². The van der Waals surface area contributed by atoms with Crippen LogP contribution in [-0.4, -0.2) is 35.0 Å². The molecule has 0 N–H and O–H groups in total. The Labute approximate surface area is 133 Å². The molecular weight excluding hydrogens is 308 g/mol. The first kappa shape index (κ1) is 16.5. The number of aryl methyl sites for hydroxylation is 3. The number of alkyl halides is 1. The van der Waals surface area contributed by atoms with Crippen LogP contribution in [0.25, 0.3) is 11.2 Å². The molecule has 2 unspecified atom stereocenters. The molecule has 0 saturated heterocycles. The molecule has 21 heavy (non-hydrogen) atoms. The second-order valence-electron chi connectivity index (χ2n) is 5.16. The van der Waals surface area contributed by atoms with Gasteiger partial charge in [0, 0.05) is 35.9 Å². The first-order valence-electron chi connectivity index (χ1n) is 7.40. The maximum absolute atomic E-state index is 11.7. The summed E-state index contributed by atoms with van der Waals surface area (Å²) in [6.45, 7) is 6.65. The molecule has 0 bridgehead atoms. The molecule has 118 valence electrons. The van der Waals surface area contributed by atoms with Crippen LogP contribution < -0.4 is 0 Å². The van der Waals surface area contributed by atoms with Crippen LogP contribution in [0.2, 0.25) is 0 Å². The van der Waals surface area contributed by atoms with Gasteiger partial charge in [0.1, 0.15) is 11.3 Å². The minimum absolute atomic E-state index is 0.179. The largest absolute Gasteiger partial charge is 0.311 e. The van der Waals surface area contributed by atoms with Gasteiger partial charge in [-0.2, -0.15) is 5.10 Å². The third kappa shape index (κ3) is 3.31. The molecule has 2 aromatic heterocycles. The molecule has 2 atom stereocenters. The lowest BCUT2D eigenvalue weighted by molar-refractivity contribution is 0.652. The molecule has 0 aliphatic rings.